The van der Waals surface area contributed by atoms with Crippen molar-refractivity contribution in [3.05, 3.63) is 92.8 Å². The average Bonchev–Trinajstić information content (AvgIpc) is 3.14. The van der Waals surface area contributed by atoms with Gasteiger partial charge in [-0.1, -0.05) is 41.4 Å². The predicted octanol–water partition coefficient (Wildman–Crippen LogP) is 6.35. The van der Waals surface area contributed by atoms with Crippen molar-refractivity contribution in [3.8, 4) is 5.69 Å². The number of halogens is 6. The Hall–Kier alpha value is -3.41. The number of carbonyl (C=O) groups is 1. The summed E-state index contributed by atoms with van der Waals surface area (Å²) in [7, 11) is -3.93. The molecule has 0 fully saturated rings. The number of hydrogen-bond donors (Lipinski definition) is 1. The Morgan fingerprint density at radius 3 is 2.32 bits per heavy atom. The molecule has 1 amide bonds. The lowest BCUT2D eigenvalue weighted by Crippen LogP contribution is -2.30. The summed E-state index contributed by atoms with van der Waals surface area (Å²) in [6.45, 7) is 0. The van der Waals surface area contributed by atoms with E-state index in [0.29, 0.717) is 27.2 Å². The summed E-state index contributed by atoms with van der Waals surface area (Å²) in [5, 5.41) is 5.26. The second-order valence-corrected chi connectivity index (χ2v) is 10.5. The summed E-state index contributed by atoms with van der Waals surface area (Å²) in [6, 6.07) is 11.2. The number of sulfonamides is 1. The Morgan fingerprint density at radius 1 is 1.03 bits per heavy atom. The van der Waals surface area contributed by atoms with E-state index in [4.69, 9.17) is 23.2 Å². The second-order valence-electron chi connectivity index (χ2n) is 7.90. The molecule has 0 aliphatic carbocycles. The van der Waals surface area contributed by atoms with Gasteiger partial charge < -0.3 is 0 Å². The molecule has 1 heterocycles. The van der Waals surface area contributed by atoms with Gasteiger partial charge in [-0.2, -0.15) is 18.3 Å². The highest BCUT2D eigenvalue weighted by Crippen LogP contribution is 2.32. The van der Waals surface area contributed by atoms with Gasteiger partial charge in [0.1, 0.15) is 5.82 Å². The van der Waals surface area contributed by atoms with Crippen LogP contribution in [0.4, 0.5) is 17.6 Å². The highest BCUT2D eigenvalue weighted by molar-refractivity contribution is 7.89. The molecule has 0 aliphatic rings. The lowest BCUT2D eigenvalue weighted by molar-refractivity contribution is -0.137. The monoisotopic (exact) mass is 571 g/mol. The quantitative estimate of drug-likeness (QED) is 0.283. The van der Waals surface area contributed by atoms with E-state index in [1.807, 2.05) is 0 Å². The Balaban J connectivity index is 1.77. The first-order chi connectivity index (χ1) is 17.2. The van der Waals surface area contributed by atoms with Crippen LogP contribution in [0.2, 0.25) is 10.0 Å². The van der Waals surface area contributed by atoms with E-state index in [9.17, 15) is 30.8 Å². The van der Waals surface area contributed by atoms with E-state index in [1.165, 1.54) is 16.8 Å². The number of nitrogens with one attached hydrogen (secondary N) is 1. The number of amides is 1. The first-order valence-electron chi connectivity index (χ1n) is 10.3. The number of aromatic nitrogens is 2. The minimum atomic E-state index is -4.45. The Morgan fingerprint density at radius 2 is 1.70 bits per heavy atom. The molecule has 13 heteroatoms. The zero-order valence-corrected chi connectivity index (χ0v) is 21.0. The summed E-state index contributed by atoms with van der Waals surface area (Å²) < 4.78 is 78.9. The van der Waals surface area contributed by atoms with E-state index in [-0.39, 0.29) is 10.7 Å². The summed E-state index contributed by atoms with van der Waals surface area (Å²) in [6.07, 6.45) is -0.604. The van der Waals surface area contributed by atoms with Crippen molar-refractivity contribution in [2.24, 2.45) is 0 Å². The van der Waals surface area contributed by atoms with Crippen LogP contribution in [0.25, 0.3) is 28.7 Å². The molecule has 3 aromatic carbocycles. The Labute approximate surface area is 218 Å². The predicted molar refractivity (Wildman–Crippen MR) is 134 cm³/mol. The smallest absolute Gasteiger partial charge is 0.268 e. The maximum Gasteiger partial charge on any atom is 0.416 e. The maximum absolute atomic E-state index is 14.8. The zero-order valence-electron chi connectivity index (χ0n) is 18.6. The SMILES string of the molecule is CS(=O)(=O)NC(=O)c1cc(Cl)c(-n2nc(/C=C/c3ccc(C(F)(F)F)cc3)c3cc(Cl)ccc32)cc1F. The molecular weight excluding hydrogens is 557 g/mol. The van der Waals surface area contributed by atoms with Crippen LogP contribution in [0.1, 0.15) is 27.2 Å². The summed E-state index contributed by atoms with van der Waals surface area (Å²) in [5.41, 5.74) is -0.0175. The fraction of sp³-hybridized carbons (Fsp3) is 0.0833. The van der Waals surface area contributed by atoms with Crippen molar-refractivity contribution in [1.29, 1.82) is 0 Å². The van der Waals surface area contributed by atoms with E-state index in [0.717, 1.165) is 30.5 Å². The van der Waals surface area contributed by atoms with Crippen LogP contribution in [0.15, 0.2) is 54.6 Å². The second kappa shape index (κ2) is 9.81. The van der Waals surface area contributed by atoms with Gasteiger partial charge in [0.25, 0.3) is 5.91 Å². The Bertz CT molecular complexity index is 1670. The Kier molecular flexibility index (Phi) is 7.06. The van der Waals surface area contributed by atoms with E-state index < -0.39 is 39.1 Å². The van der Waals surface area contributed by atoms with Crippen molar-refractivity contribution < 1.29 is 30.8 Å². The zero-order chi connectivity index (χ0) is 27.1. The van der Waals surface area contributed by atoms with Crippen LogP contribution in [0.3, 0.4) is 0 Å². The molecule has 0 saturated heterocycles. The van der Waals surface area contributed by atoms with E-state index >= 15 is 0 Å². The standard InChI is InChI=1S/C24H15Cl2F4N3O3S/c1-37(35,36)32-23(34)16-11-18(26)22(12-19(16)27)33-21-9-7-15(25)10-17(21)20(31-33)8-4-13-2-5-14(6-3-13)24(28,29)30/h2-12H,1H3,(H,32,34)/b8-4+. The lowest BCUT2D eigenvalue weighted by Gasteiger charge is -2.10. The summed E-state index contributed by atoms with van der Waals surface area (Å²) in [4.78, 5) is 12.1. The molecular formula is C24H15Cl2F4N3O3S. The highest BCUT2D eigenvalue weighted by Gasteiger charge is 2.29. The van der Waals surface area contributed by atoms with Gasteiger partial charge >= 0.3 is 6.18 Å². The minimum Gasteiger partial charge on any atom is -0.268 e. The van der Waals surface area contributed by atoms with Crippen LogP contribution in [-0.4, -0.2) is 30.4 Å². The van der Waals surface area contributed by atoms with Crippen molar-refractivity contribution in [1.82, 2.24) is 14.5 Å². The summed E-state index contributed by atoms with van der Waals surface area (Å²) in [5.74, 6) is -2.23. The van der Waals surface area contributed by atoms with Gasteiger partial charge in [-0.05, 0) is 48.0 Å². The first kappa shape index (κ1) is 26.6. The fourth-order valence-electron chi connectivity index (χ4n) is 3.47. The van der Waals surface area contributed by atoms with Crippen LogP contribution in [0, 0.1) is 5.82 Å². The molecule has 1 aromatic heterocycles. The normalized spacial score (nSPS) is 12.4. The molecule has 0 bridgehead atoms. The van der Waals surface area contributed by atoms with E-state index in [1.54, 1.807) is 35.1 Å². The fourth-order valence-corrected chi connectivity index (χ4v) is 4.34. The number of benzene rings is 3. The highest BCUT2D eigenvalue weighted by atomic mass is 35.5. The summed E-state index contributed by atoms with van der Waals surface area (Å²) >= 11 is 12.5. The van der Waals surface area contributed by atoms with Crippen molar-refractivity contribution in [2.75, 3.05) is 6.26 Å². The molecule has 4 rings (SSSR count). The van der Waals surface area contributed by atoms with Crippen LogP contribution < -0.4 is 4.72 Å². The lowest BCUT2D eigenvalue weighted by atomic mass is 10.1. The minimum absolute atomic E-state index is 0.0524. The van der Waals surface area contributed by atoms with Crippen molar-refractivity contribution >= 4 is 62.2 Å². The number of fused-ring (bicyclic) bond motifs is 1. The molecule has 0 saturated carbocycles. The molecule has 6 nitrogen and oxygen atoms in total. The third-order valence-corrected chi connectivity index (χ3v) is 6.22. The van der Waals surface area contributed by atoms with Gasteiger partial charge in [-0.15, -0.1) is 0 Å². The van der Waals surface area contributed by atoms with Gasteiger partial charge in [0.2, 0.25) is 10.0 Å². The molecule has 0 aliphatic heterocycles. The van der Waals surface area contributed by atoms with Gasteiger partial charge in [-0.3, -0.25) is 4.79 Å². The van der Waals surface area contributed by atoms with Crippen LogP contribution >= 0.6 is 23.2 Å². The van der Waals surface area contributed by atoms with Crippen molar-refractivity contribution in [3.63, 3.8) is 0 Å². The average molecular weight is 572 g/mol. The first-order valence-corrected chi connectivity index (χ1v) is 12.9. The molecule has 0 spiro atoms. The van der Waals surface area contributed by atoms with E-state index in [2.05, 4.69) is 5.10 Å². The van der Waals surface area contributed by atoms with Gasteiger partial charge in [0.05, 0.1) is 39.3 Å². The van der Waals surface area contributed by atoms with Gasteiger partial charge in [-0.25, -0.2) is 22.2 Å². The van der Waals surface area contributed by atoms with Crippen molar-refractivity contribution in [2.45, 2.75) is 6.18 Å². The number of rotatable bonds is 5. The van der Waals surface area contributed by atoms with Gasteiger partial charge in [0, 0.05) is 16.5 Å². The maximum atomic E-state index is 14.8. The molecule has 0 unspecified atom stereocenters. The van der Waals surface area contributed by atoms with Gasteiger partial charge in [0.15, 0.2) is 0 Å². The van der Waals surface area contributed by atoms with Crippen LogP contribution in [-0.2, 0) is 16.2 Å². The molecule has 0 radical (unpaired) electrons. The third-order valence-electron chi connectivity index (χ3n) is 5.13. The molecule has 192 valence electrons. The molecule has 1 N–H and O–H groups in total. The molecule has 0 atom stereocenters. The number of carbonyl (C=O) groups excluding carboxylic acids is 1. The van der Waals surface area contributed by atoms with Crippen LogP contribution in [0.5, 0.6) is 0 Å². The number of alkyl halides is 3. The topological polar surface area (TPSA) is 81.1 Å². The number of nitrogens with zero attached hydrogens (tertiary/aromatic N) is 2. The molecule has 4 aromatic rings. The number of hydrogen-bond acceptors (Lipinski definition) is 4. The largest absolute Gasteiger partial charge is 0.416 e. The molecule has 37 heavy (non-hydrogen) atoms. The third kappa shape index (κ3) is 5.95.